The minimum Gasteiger partial charge on any atom is -0.418 e. The van der Waals surface area contributed by atoms with Crippen LogP contribution in [0.15, 0.2) is 0 Å². The molecule has 0 amide bonds. The highest BCUT2D eigenvalue weighted by molar-refractivity contribution is 7.25. The van der Waals surface area contributed by atoms with Gasteiger partial charge >= 0.3 is 120 Å². The molecule has 10 rings (SSSR count). The Kier molecular flexibility index (Phi) is 59.6. The lowest BCUT2D eigenvalue weighted by Gasteiger charge is -2.64. The second-order valence-electron chi connectivity index (χ2n) is 39.2. The van der Waals surface area contributed by atoms with Crippen molar-refractivity contribution in [2.45, 2.75) is 370 Å². The molecule has 0 N–H and O–H groups in total. The molecule has 10 saturated heterocycles. The third-order valence-corrected chi connectivity index (χ3v) is 166. The highest BCUT2D eigenvalue weighted by Crippen LogP contribution is 2.63. The van der Waals surface area contributed by atoms with Crippen molar-refractivity contribution in [2.75, 3.05) is 211 Å². The molecule has 0 aliphatic carbocycles. The molecular weight excluding hydrogens is 2170 g/mol. The van der Waals surface area contributed by atoms with Crippen LogP contribution in [-0.4, -0.2) is 381 Å². The van der Waals surface area contributed by atoms with Crippen molar-refractivity contribution < 1.29 is 146 Å². The lowest BCUT2D eigenvalue weighted by Crippen LogP contribution is -2.80. The largest absolute Gasteiger partial charge is 0.418 e. The Morgan fingerprint density at radius 2 is 0.231 bits per heavy atom. The second-order valence-corrected chi connectivity index (χ2v) is 122. The summed E-state index contributed by atoms with van der Waals surface area (Å²) in [6.45, 7) is 86.2. The standard InChI is InChI=1S/C33H76O12Si6.C26H62O11Si6.C17H40O6Si4.C14H32O4Si4/c1-13-34-46(35-14-2)28-48(38-17-5,39-18-6)32(49(29-46,40-19-7)41-20-8)26-25-27-33-50(42-21-9,43-22-10)30-47(36-15-3,37-16-4)31-51(33,44-23-11)45-24-12;1-11-27-38(28-12-2)21-39(29-13-3,30-14-4)24-42(23-38,35-19-9)37-43(36-20-10)25-40(31-15-5,32-16-6)22-41(26-43,33-17-7)34-18-8;1-7-18-24-13-25(19-8-2,16-26(14-24,20-9-3)21-10-4)17-27(15-24,22-11-5)23-12-6;1-5-15-19-9-20(16-6-2)12-21(10-19,17-7-3)14-22(11-19,13-20)18-8-4/h32-33H,13-31H2,1-12H3;11-26H2,1-10H3;7-17H2,1-6H3;5-14H2,1-4H3. The molecule has 10 fully saturated rings. The summed E-state index contributed by atoms with van der Waals surface area (Å²) in [5.41, 5.74) is 20.0. The van der Waals surface area contributed by atoms with Crippen LogP contribution < -0.4 is 0 Å². The van der Waals surface area contributed by atoms with Crippen LogP contribution in [-0.2, 0) is 146 Å². The van der Waals surface area contributed by atoms with E-state index in [-0.39, 0.29) is 10.3 Å². The molecule has 143 heavy (non-hydrogen) atoms. The topological polar surface area (TPSA) is 305 Å². The van der Waals surface area contributed by atoms with Crippen molar-refractivity contribution in [3.63, 3.8) is 0 Å². The third kappa shape index (κ3) is 34.5. The quantitative estimate of drug-likeness (QED) is 0.0511. The van der Waals surface area contributed by atoms with E-state index >= 15 is 0 Å². The van der Waals surface area contributed by atoms with E-state index in [0.29, 0.717) is 228 Å². The van der Waals surface area contributed by atoms with E-state index in [1.807, 2.05) is 96.9 Å². The molecule has 6 bridgehead atoms. The van der Waals surface area contributed by atoms with Gasteiger partial charge in [-0.3, -0.25) is 0 Å². The normalized spacial score (nSPS) is 28.1. The van der Waals surface area contributed by atoms with E-state index < -0.39 is 170 Å². The van der Waals surface area contributed by atoms with Gasteiger partial charge < -0.3 is 146 Å². The van der Waals surface area contributed by atoms with Gasteiger partial charge in [-0.25, -0.2) is 0 Å². The Labute approximate surface area is 890 Å². The Morgan fingerprint density at radius 1 is 0.119 bits per heavy atom. The zero-order valence-electron chi connectivity index (χ0n) is 96.2. The number of hydrogen-bond acceptors (Lipinski definition) is 33. The first kappa shape index (κ1) is 135. The van der Waals surface area contributed by atoms with Gasteiger partial charge in [-0.1, -0.05) is 6.42 Å². The maximum absolute atomic E-state index is 7.71. The van der Waals surface area contributed by atoms with Crippen molar-refractivity contribution in [1.82, 2.24) is 0 Å². The van der Waals surface area contributed by atoms with Gasteiger partial charge in [-0.05, 0) is 274 Å². The minimum absolute atomic E-state index is 0.0146. The van der Waals surface area contributed by atoms with Crippen LogP contribution in [0.2, 0.25) is 129 Å². The van der Waals surface area contributed by atoms with Crippen molar-refractivity contribution in [2.24, 2.45) is 0 Å². The van der Waals surface area contributed by atoms with Gasteiger partial charge in [0.05, 0.1) is 0 Å². The summed E-state index contributed by atoms with van der Waals surface area (Å²) in [7, 11) is -50.8. The fourth-order valence-electron chi connectivity index (χ4n) is 27.9. The molecule has 10 heterocycles. The zero-order chi connectivity index (χ0) is 106. The van der Waals surface area contributed by atoms with Crippen LogP contribution in [0.3, 0.4) is 0 Å². The predicted molar refractivity (Wildman–Crippen MR) is 610 cm³/mol. The van der Waals surface area contributed by atoms with E-state index in [0.717, 1.165) is 87.2 Å². The van der Waals surface area contributed by atoms with Crippen LogP contribution in [0.25, 0.3) is 0 Å². The molecule has 0 aromatic carbocycles. The molecule has 0 saturated carbocycles. The molecule has 848 valence electrons. The van der Waals surface area contributed by atoms with Crippen LogP contribution in [0.5, 0.6) is 0 Å². The fourth-order valence-corrected chi connectivity index (χ4v) is 223. The first-order valence-electron chi connectivity index (χ1n) is 56.6. The Morgan fingerprint density at radius 3 is 0.371 bits per heavy atom. The van der Waals surface area contributed by atoms with Gasteiger partial charge in [0.2, 0.25) is 0 Å². The summed E-state index contributed by atoms with van der Waals surface area (Å²) in [4.78, 5) is 0. The fraction of sp³-hybridized carbons (Fsp3) is 1.00. The maximum atomic E-state index is 7.71. The molecule has 0 aromatic rings. The van der Waals surface area contributed by atoms with Crippen LogP contribution in [0.4, 0.5) is 0 Å². The lowest BCUT2D eigenvalue weighted by molar-refractivity contribution is 0.123. The summed E-state index contributed by atoms with van der Waals surface area (Å²) in [6, 6.07) is 0. The Bertz CT molecular complexity index is 3000. The molecule has 0 spiro atoms. The number of rotatable bonds is 70. The summed E-state index contributed by atoms with van der Waals surface area (Å²) < 4.78 is 222. The van der Waals surface area contributed by atoms with Crippen LogP contribution >= 0.6 is 0 Å². The number of hydrogen-bond donors (Lipinski definition) is 0. The van der Waals surface area contributed by atoms with Gasteiger partial charge in [0, 0.05) is 301 Å². The summed E-state index contributed by atoms with van der Waals surface area (Å²) >= 11 is 0. The summed E-state index contributed by atoms with van der Waals surface area (Å²) in [6.07, 6.45) is 2.55. The highest BCUT2D eigenvalue weighted by atomic mass is 28.5. The Hall–Kier alpha value is 3.02. The Balaban J connectivity index is 0.000000306. The summed E-state index contributed by atoms with van der Waals surface area (Å²) in [5.74, 6) is 0. The summed E-state index contributed by atoms with van der Waals surface area (Å²) in [5, 5.41) is 0.0292. The minimum atomic E-state index is -3.13. The first-order chi connectivity index (χ1) is 68.5. The third-order valence-electron chi connectivity index (χ3n) is 28.8. The van der Waals surface area contributed by atoms with E-state index in [9.17, 15) is 0 Å². The van der Waals surface area contributed by atoms with Gasteiger partial charge in [0.1, 0.15) is 0 Å². The van der Waals surface area contributed by atoms with Gasteiger partial charge in [0.15, 0.2) is 49.9 Å². The van der Waals surface area contributed by atoms with Gasteiger partial charge in [-0.2, -0.15) is 0 Å². The molecule has 33 nitrogen and oxygen atoms in total. The average molecular weight is 2380 g/mol. The van der Waals surface area contributed by atoms with Crippen molar-refractivity contribution in [3.05, 3.63) is 0 Å². The van der Waals surface area contributed by atoms with E-state index in [1.54, 1.807) is 0 Å². The molecule has 0 atom stereocenters. The molecular formula is C90H210O33Si20. The molecule has 10 aliphatic rings. The predicted octanol–water partition coefficient (Wildman–Crippen LogP) is 19.4. The SMILES string of the molecule is CCO[Si]1(OCC)C[Si](OCC)(OCC)C(CCCC2[Si](OCC)(OCC)C[Si](OCC)(OCC)C[Si]2(OCC)OCC)[Si](OCC)(OCC)C1.CCO[Si]1(OCC)C[Si](OCC)(OCC)C[Si](OCC)(O[Si]2(OCC)C[Si](OCC)(OCC)C[Si](OCC)(OCC)C2)C1.CCO[Si]12C[Si](OCC)(C[Si](OCC)(OCC)C1)C[Si](OCC)(OCC)C2.CCO[Si]12C[Si]3(OCC)C[Si](OCC)(C1)C[Si](OCC)(C2)C3. The highest BCUT2D eigenvalue weighted by Gasteiger charge is 2.80. The van der Waals surface area contributed by atoms with E-state index in [1.165, 1.54) is 34.0 Å². The molecule has 10 aliphatic heterocycles. The molecule has 0 aromatic heterocycles. The molecule has 0 radical (unpaired) electrons. The van der Waals surface area contributed by atoms with Crippen molar-refractivity contribution in [1.29, 1.82) is 0 Å². The molecule has 0 unspecified atom stereocenters. The number of fused-ring (bicyclic) bond motifs is 2. The van der Waals surface area contributed by atoms with Crippen molar-refractivity contribution >= 4 is 170 Å². The van der Waals surface area contributed by atoms with Gasteiger partial charge in [-0.15, -0.1) is 0 Å². The zero-order valence-corrected chi connectivity index (χ0v) is 116. The monoisotopic (exact) mass is 2380 g/mol. The van der Waals surface area contributed by atoms with Gasteiger partial charge in [0.25, 0.3) is 0 Å². The van der Waals surface area contributed by atoms with Crippen LogP contribution in [0.1, 0.15) is 241 Å². The maximum Gasteiger partial charge on any atom is 0.345 e. The lowest BCUT2D eigenvalue weighted by atomic mass is 10.3. The molecule has 53 heteroatoms. The van der Waals surface area contributed by atoms with E-state index in [2.05, 4.69) is 125 Å². The second kappa shape index (κ2) is 63.3. The van der Waals surface area contributed by atoms with Crippen molar-refractivity contribution in [3.8, 4) is 0 Å². The first-order valence-corrected chi connectivity index (χ1v) is 103. The van der Waals surface area contributed by atoms with E-state index in [4.69, 9.17) is 146 Å². The van der Waals surface area contributed by atoms with Crippen LogP contribution in [0, 0.1) is 0 Å². The average Bonchev–Trinajstić information content (AvgIpc) is 0.683. The smallest absolute Gasteiger partial charge is 0.345 e.